The maximum absolute atomic E-state index is 14.2. The number of nitrogens with one attached hydrogen (secondary N) is 2. The van der Waals surface area contributed by atoms with Crippen LogP contribution < -0.4 is 15.4 Å². The maximum Gasteiger partial charge on any atom is 0.191 e. The van der Waals surface area contributed by atoms with E-state index < -0.39 is 0 Å². The molecule has 0 aromatic heterocycles. The van der Waals surface area contributed by atoms with Crippen molar-refractivity contribution in [3.05, 3.63) is 29.6 Å². The average Bonchev–Trinajstić information content (AvgIpc) is 3.40. The van der Waals surface area contributed by atoms with Gasteiger partial charge in [0.25, 0.3) is 0 Å². The molecule has 7 heteroatoms. The van der Waals surface area contributed by atoms with Gasteiger partial charge in [-0.25, -0.2) is 4.39 Å². The van der Waals surface area contributed by atoms with E-state index in [1.54, 1.807) is 19.2 Å². The molecule has 1 atom stereocenters. The van der Waals surface area contributed by atoms with Crippen molar-refractivity contribution in [2.24, 2.45) is 10.9 Å². The Bertz CT molecular complexity index is 579. The number of guanidine groups is 1. The van der Waals surface area contributed by atoms with E-state index in [-0.39, 0.29) is 35.8 Å². The highest BCUT2D eigenvalue weighted by Gasteiger charge is 2.22. The fraction of sp³-hybridized carbons (Fsp3) is 0.632. The molecule has 0 saturated heterocycles. The predicted molar refractivity (Wildman–Crippen MR) is 116 cm³/mol. The minimum atomic E-state index is -0.305. The average molecular weight is 478 g/mol. The maximum atomic E-state index is 14.2. The lowest BCUT2D eigenvalue weighted by atomic mass is 10.1. The van der Waals surface area contributed by atoms with Crippen molar-refractivity contribution in [1.29, 1.82) is 0 Å². The highest BCUT2D eigenvalue weighted by atomic mass is 127. The van der Waals surface area contributed by atoms with Crippen LogP contribution in [0.1, 0.15) is 37.8 Å². The second-order valence-electron chi connectivity index (χ2n) is 6.97. The molecule has 0 bridgehead atoms. The van der Waals surface area contributed by atoms with Crippen molar-refractivity contribution in [3.8, 4) is 5.75 Å². The Morgan fingerprint density at radius 2 is 2.12 bits per heavy atom. The Hall–Kier alpha value is -1.09. The van der Waals surface area contributed by atoms with Gasteiger partial charge in [-0.05, 0) is 70.4 Å². The molecule has 0 heterocycles. The molecule has 148 valence electrons. The number of benzene rings is 1. The third-order valence-electron chi connectivity index (χ3n) is 4.28. The normalized spacial score (nSPS) is 15.4. The van der Waals surface area contributed by atoms with Crippen LogP contribution >= 0.6 is 24.0 Å². The van der Waals surface area contributed by atoms with Crippen molar-refractivity contribution in [2.75, 3.05) is 40.8 Å². The zero-order chi connectivity index (χ0) is 18.2. The van der Waals surface area contributed by atoms with E-state index in [1.165, 1.54) is 12.8 Å². The minimum Gasteiger partial charge on any atom is -0.490 e. The van der Waals surface area contributed by atoms with Crippen LogP contribution in [0.5, 0.6) is 5.75 Å². The molecule has 0 radical (unpaired) electrons. The minimum absolute atomic E-state index is 0. The zero-order valence-corrected chi connectivity index (χ0v) is 18.5. The second kappa shape index (κ2) is 11.6. The van der Waals surface area contributed by atoms with Gasteiger partial charge in [0, 0.05) is 13.6 Å². The van der Waals surface area contributed by atoms with Crippen molar-refractivity contribution in [3.63, 3.8) is 0 Å². The number of rotatable bonds is 9. The molecule has 2 N–H and O–H groups in total. The molecular weight excluding hydrogens is 446 g/mol. The first kappa shape index (κ1) is 23.0. The van der Waals surface area contributed by atoms with Crippen LogP contribution in [0.2, 0.25) is 0 Å². The van der Waals surface area contributed by atoms with E-state index >= 15 is 0 Å². The summed E-state index contributed by atoms with van der Waals surface area (Å²) in [5, 5.41) is 6.58. The lowest BCUT2D eigenvalue weighted by molar-refractivity contribution is 0.285. The number of hydrogen-bond donors (Lipinski definition) is 2. The van der Waals surface area contributed by atoms with Crippen molar-refractivity contribution in [1.82, 2.24) is 15.5 Å². The molecule has 0 spiro atoms. The van der Waals surface area contributed by atoms with Crippen LogP contribution in [-0.4, -0.2) is 51.7 Å². The molecule has 1 aliphatic rings. The van der Waals surface area contributed by atoms with Gasteiger partial charge < -0.3 is 20.3 Å². The molecule has 1 aromatic rings. The number of nitrogens with zero attached hydrogens (tertiary/aromatic N) is 2. The van der Waals surface area contributed by atoms with Gasteiger partial charge in [-0.3, -0.25) is 4.99 Å². The summed E-state index contributed by atoms with van der Waals surface area (Å²) in [4.78, 5) is 6.38. The van der Waals surface area contributed by atoms with Crippen LogP contribution in [0.25, 0.3) is 0 Å². The Labute approximate surface area is 173 Å². The summed E-state index contributed by atoms with van der Waals surface area (Å²) in [6.45, 7) is 4.47. The van der Waals surface area contributed by atoms with Crippen LogP contribution in [0, 0.1) is 11.7 Å². The van der Waals surface area contributed by atoms with Gasteiger partial charge >= 0.3 is 0 Å². The van der Waals surface area contributed by atoms with Gasteiger partial charge in [0.2, 0.25) is 0 Å². The van der Waals surface area contributed by atoms with Crippen molar-refractivity contribution in [2.45, 2.75) is 32.2 Å². The molecule has 1 aliphatic carbocycles. The molecule has 1 aromatic carbocycles. The van der Waals surface area contributed by atoms with Crippen LogP contribution in [0.15, 0.2) is 23.2 Å². The van der Waals surface area contributed by atoms with Gasteiger partial charge in [-0.2, -0.15) is 0 Å². The van der Waals surface area contributed by atoms with Gasteiger partial charge in [-0.1, -0.05) is 6.07 Å². The monoisotopic (exact) mass is 478 g/mol. The van der Waals surface area contributed by atoms with Crippen LogP contribution in [0.3, 0.4) is 0 Å². The Morgan fingerprint density at radius 3 is 2.69 bits per heavy atom. The Balaban J connectivity index is 0.00000338. The van der Waals surface area contributed by atoms with Gasteiger partial charge in [-0.15, -0.1) is 24.0 Å². The standard InChI is InChI=1S/C19H31FN4O.HI/c1-14(23-19(21-2)22-10-5-11-24(3)4)16-8-9-18(17(20)12-16)25-13-15-6-7-15;/h8-9,12,14-15H,5-7,10-11,13H2,1-4H3,(H2,21,22,23);1H. The molecule has 26 heavy (non-hydrogen) atoms. The third-order valence-corrected chi connectivity index (χ3v) is 4.28. The third kappa shape index (κ3) is 8.07. The lowest BCUT2D eigenvalue weighted by Crippen LogP contribution is -2.39. The number of hydrogen-bond acceptors (Lipinski definition) is 3. The lowest BCUT2D eigenvalue weighted by Gasteiger charge is -2.19. The first-order chi connectivity index (χ1) is 12.0. The quantitative estimate of drug-likeness (QED) is 0.247. The fourth-order valence-corrected chi connectivity index (χ4v) is 2.48. The Morgan fingerprint density at radius 1 is 1.38 bits per heavy atom. The summed E-state index contributed by atoms with van der Waals surface area (Å²) in [5.41, 5.74) is 0.868. The van der Waals surface area contributed by atoms with E-state index in [2.05, 4.69) is 34.6 Å². The topological polar surface area (TPSA) is 48.9 Å². The van der Waals surface area contributed by atoms with E-state index in [9.17, 15) is 4.39 Å². The molecule has 5 nitrogen and oxygen atoms in total. The first-order valence-electron chi connectivity index (χ1n) is 9.03. The summed E-state index contributed by atoms with van der Waals surface area (Å²) >= 11 is 0. The largest absolute Gasteiger partial charge is 0.490 e. The molecule has 0 aliphatic heterocycles. The summed E-state index contributed by atoms with van der Waals surface area (Å²) < 4.78 is 19.8. The number of halogens is 2. The molecule has 2 rings (SSSR count). The summed E-state index contributed by atoms with van der Waals surface area (Å²) in [7, 11) is 5.85. The van der Waals surface area contributed by atoms with E-state index in [0.29, 0.717) is 18.3 Å². The molecular formula is C19H32FIN4O. The van der Waals surface area contributed by atoms with Crippen molar-refractivity contribution >= 4 is 29.9 Å². The first-order valence-corrected chi connectivity index (χ1v) is 9.03. The van der Waals surface area contributed by atoms with Crippen LogP contribution in [-0.2, 0) is 0 Å². The van der Waals surface area contributed by atoms with E-state index in [0.717, 1.165) is 31.0 Å². The second-order valence-corrected chi connectivity index (χ2v) is 6.97. The molecule has 1 unspecified atom stereocenters. The summed E-state index contributed by atoms with van der Waals surface area (Å²) in [5.74, 6) is 1.37. The number of ether oxygens (including phenoxy) is 1. The van der Waals surface area contributed by atoms with Gasteiger partial charge in [0.15, 0.2) is 17.5 Å². The van der Waals surface area contributed by atoms with Crippen LogP contribution in [0.4, 0.5) is 4.39 Å². The Kier molecular flexibility index (Phi) is 10.2. The van der Waals surface area contributed by atoms with E-state index in [1.807, 2.05) is 13.0 Å². The van der Waals surface area contributed by atoms with E-state index in [4.69, 9.17) is 4.74 Å². The fourth-order valence-electron chi connectivity index (χ4n) is 2.48. The smallest absolute Gasteiger partial charge is 0.191 e. The van der Waals surface area contributed by atoms with Gasteiger partial charge in [0.05, 0.1) is 12.6 Å². The highest BCUT2D eigenvalue weighted by Crippen LogP contribution is 2.30. The van der Waals surface area contributed by atoms with Crippen molar-refractivity contribution < 1.29 is 9.13 Å². The molecule has 1 saturated carbocycles. The SMILES string of the molecule is CN=C(NCCCN(C)C)NC(C)c1ccc(OCC2CC2)c(F)c1.I. The summed E-state index contributed by atoms with van der Waals surface area (Å²) in [6.07, 6.45) is 3.42. The highest BCUT2D eigenvalue weighted by molar-refractivity contribution is 14.0. The van der Waals surface area contributed by atoms with Gasteiger partial charge in [0.1, 0.15) is 0 Å². The summed E-state index contributed by atoms with van der Waals surface area (Å²) in [6, 6.07) is 5.12. The predicted octanol–water partition coefficient (Wildman–Crippen LogP) is 3.41. The number of aliphatic imine (C=N–C) groups is 1. The zero-order valence-electron chi connectivity index (χ0n) is 16.2. The molecule has 0 amide bonds. The molecule has 1 fully saturated rings.